The fourth-order valence-corrected chi connectivity index (χ4v) is 5.13. The number of anilines is 1. The molecule has 0 aliphatic carbocycles. The Morgan fingerprint density at radius 1 is 1.21 bits per heavy atom. The maximum absolute atomic E-state index is 12.3. The van der Waals surface area contributed by atoms with Crippen molar-refractivity contribution in [3.63, 3.8) is 0 Å². The lowest BCUT2D eigenvalue weighted by molar-refractivity contribution is 0.411. The van der Waals surface area contributed by atoms with Crippen LogP contribution in [0.25, 0.3) is 4.96 Å². The number of nitrogens with one attached hydrogen (secondary N) is 2. The van der Waals surface area contributed by atoms with Crippen LogP contribution in [0.1, 0.15) is 25.7 Å². The van der Waals surface area contributed by atoms with Crippen LogP contribution in [-0.2, 0) is 10.0 Å². The van der Waals surface area contributed by atoms with E-state index in [0.29, 0.717) is 16.8 Å². The number of methoxy groups -OCH3 is 1. The van der Waals surface area contributed by atoms with Crippen molar-refractivity contribution in [1.29, 1.82) is 0 Å². The molecule has 2 aromatic heterocycles. The molecular formula is C17H22BrN5O3S2. The molecule has 0 saturated heterocycles. The van der Waals surface area contributed by atoms with Crippen LogP contribution in [0.2, 0.25) is 0 Å². The summed E-state index contributed by atoms with van der Waals surface area (Å²) in [5.41, 5.74) is 0. The van der Waals surface area contributed by atoms with Crippen LogP contribution >= 0.6 is 27.5 Å². The van der Waals surface area contributed by atoms with Gasteiger partial charge in [-0.05, 0) is 47.0 Å². The molecular weight excluding hydrogens is 466 g/mol. The van der Waals surface area contributed by atoms with Crippen LogP contribution in [-0.4, -0.2) is 42.4 Å². The summed E-state index contributed by atoms with van der Waals surface area (Å²) in [5.74, 6) is 1.41. The van der Waals surface area contributed by atoms with Gasteiger partial charge in [-0.1, -0.05) is 12.8 Å². The zero-order valence-electron chi connectivity index (χ0n) is 15.4. The standard InChI is InChI=1S/C17H22BrN5O3S2/c1-26-15-7-6-13(12-14(15)18)28(24,25)21-9-5-3-2-4-8-19-16-22-27-17-20-10-11-23(16)17/h6-7,10-12,21H,2-5,8-9H2,1H3,(H,19,22). The van der Waals surface area contributed by atoms with E-state index in [0.717, 1.165) is 43.1 Å². The Morgan fingerprint density at radius 3 is 2.75 bits per heavy atom. The van der Waals surface area contributed by atoms with Crippen LogP contribution in [0.3, 0.4) is 0 Å². The Morgan fingerprint density at radius 2 is 2.00 bits per heavy atom. The summed E-state index contributed by atoms with van der Waals surface area (Å²) in [6.45, 7) is 1.24. The van der Waals surface area contributed by atoms with E-state index in [1.54, 1.807) is 18.3 Å². The summed E-state index contributed by atoms with van der Waals surface area (Å²) in [6, 6.07) is 4.71. The number of rotatable bonds is 11. The first-order valence-corrected chi connectivity index (χ1v) is 11.9. The van der Waals surface area contributed by atoms with Gasteiger partial charge < -0.3 is 10.1 Å². The number of imidazole rings is 1. The maximum Gasteiger partial charge on any atom is 0.240 e. The third kappa shape index (κ3) is 5.22. The monoisotopic (exact) mass is 487 g/mol. The molecule has 0 aliphatic rings. The Labute approximate surface area is 176 Å². The molecule has 0 saturated carbocycles. The van der Waals surface area contributed by atoms with Gasteiger partial charge in [0.1, 0.15) is 5.75 Å². The molecule has 0 fully saturated rings. The van der Waals surface area contributed by atoms with Gasteiger partial charge in [0, 0.05) is 37.0 Å². The van der Waals surface area contributed by atoms with Crippen LogP contribution in [0, 0.1) is 0 Å². The molecule has 0 unspecified atom stereocenters. The molecule has 3 rings (SSSR count). The molecule has 152 valence electrons. The fraction of sp³-hybridized carbons (Fsp3) is 0.412. The Kier molecular flexibility index (Phi) is 7.27. The van der Waals surface area contributed by atoms with Crippen LogP contribution in [0.15, 0.2) is 40.0 Å². The van der Waals surface area contributed by atoms with Crippen molar-refractivity contribution in [2.45, 2.75) is 30.6 Å². The minimum absolute atomic E-state index is 0.221. The molecule has 0 amide bonds. The van der Waals surface area contributed by atoms with Crippen molar-refractivity contribution in [2.24, 2.45) is 0 Å². The first-order valence-electron chi connectivity index (χ1n) is 8.87. The number of halogens is 1. The number of hydrogen-bond acceptors (Lipinski definition) is 7. The van der Waals surface area contributed by atoms with Gasteiger partial charge >= 0.3 is 0 Å². The largest absolute Gasteiger partial charge is 0.496 e. The molecule has 11 heteroatoms. The van der Waals surface area contributed by atoms with Crippen molar-refractivity contribution in [2.75, 3.05) is 25.5 Å². The topological polar surface area (TPSA) is 97.6 Å². The summed E-state index contributed by atoms with van der Waals surface area (Å²) in [7, 11) is -1.97. The van der Waals surface area contributed by atoms with Crippen molar-refractivity contribution < 1.29 is 13.2 Å². The molecule has 0 spiro atoms. The first kappa shape index (κ1) is 21.0. The number of sulfonamides is 1. The smallest absolute Gasteiger partial charge is 0.240 e. The van der Waals surface area contributed by atoms with Crippen LogP contribution in [0.5, 0.6) is 5.75 Å². The fourth-order valence-electron chi connectivity index (χ4n) is 2.67. The zero-order valence-corrected chi connectivity index (χ0v) is 18.6. The van der Waals surface area contributed by atoms with Gasteiger partial charge in [-0.15, -0.1) is 0 Å². The summed E-state index contributed by atoms with van der Waals surface area (Å²) in [6.07, 6.45) is 7.39. The number of benzene rings is 1. The van der Waals surface area contributed by atoms with E-state index in [1.807, 2.05) is 10.6 Å². The number of ether oxygens (including phenoxy) is 1. The van der Waals surface area contributed by atoms with Gasteiger partial charge in [0.05, 0.1) is 16.5 Å². The van der Waals surface area contributed by atoms with Gasteiger partial charge in [-0.25, -0.2) is 18.1 Å². The summed E-state index contributed by atoms with van der Waals surface area (Å²) >= 11 is 4.67. The zero-order chi connectivity index (χ0) is 20.0. The molecule has 2 N–H and O–H groups in total. The second kappa shape index (κ2) is 9.68. The molecule has 0 aliphatic heterocycles. The van der Waals surface area contributed by atoms with E-state index < -0.39 is 10.0 Å². The second-order valence-corrected chi connectivity index (χ2v) is 9.47. The highest BCUT2D eigenvalue weighted by molar-refractivity contribution is 9.10. The SMILES string of the molecule is COc1ccc(S(=O)(=O)NCCCCCCNc2nsc3nccn23)cc1Br. The first-order chi connectivity index (χ1) is 13.5. The molecule has 8 nitrogen and oxygen atoms in total. The summed E-state index contributed by atoms with van der Waals surface area (Å²) in [5, 5.41) is 3.30. The van der Waals surface area contributed by atoms with E-state index >= 15 is 0 Å². The Bertz CT molecular complexity index is 1020. The predicted octanol–water partition coefficient (Wildman–Crippen LogP) is 3.51. The minimum atomic E-state index is -3.51. The third-order valence-electron chi connectivity index (χ3n) is 4.16. The van der Waals surface area contributed by atoms with Crippen molar-refractivity contribution in [1.82, 2.24) is 18.5 Å². The summed E-state index contributed by atoms with van der Waals surface area (Å²) < 4.78 is 39.3. The predicted molar refractivity (Wildman–Crippen MR) is 114 cm³/mol. The van der Waals surface area contributed by atoms with Crippen LogP contribution < -0.4 is 14.8 Å². The average Bonchev–Trinajstić information content (AvgIpc) is 3.28. The Balaban J connectivity index is 1.33. The highest BCUT2D eigenvalue weighted by Gasteiger charge is 2.15. The maximum atomic E-state index is 12.3. The number of aromatic nitrogens is 3. The number of hydrogen-bond donors (Lipinski definition) is 2. The van der Waals surface area contributed by atoms with Crippen molar-refractivity contribution >= 4 is 48.4 Å². The quantitative estimate of drug-likeness (QED) is 0.401. The van der Waals surface area contributed by atoms with Gasteiger partial charge in [-0.3, -0.25) is 4.40 Å². The molecule has 3 aromatic rings. The summed E-state index contributed by atoms with van der Waals surface area (Å²) in [4.78, 5) is 5.28. The highest BCUT2D eigenvalue weighted by Crippen LogP contribution is 2.27. The van der Waals surface area contributed by atoms with Gasteiger partial charge in [0.15, 0.2) is 0 Å². The molecule has 0 atom stereocenters. The molecule has 1 aromatic carbocycles. The minimum Gasteiger partial charge on any atom is -0.496 e. The normalized spacial score (nSPS) is 11.8. The van der Waals surface area contributed by atoms with E-state index in [9.17, 15) is 8.42 Å². The van der Waals surface area contributed by atoms with E-state index in [1.165, 1.54) is 24.7 Å². The lowest BCUT2D eigenvalue weighted by Crippen LogP contribution is -2.24. The van der Waals surface area contributed by atoms with Crippen LogP contribution in [0.4, 0.5) is 5.95 Å². The van der Waals surface area contributed by atoms with Gasteiger partial charge in [0.25, 0.3) is 0 Å². The lowest BCUT2D eigenvalue weighted by Gasteiger charge is -2.09. The highest BCUT2D eigenvalue weighted by atomic mass is 79.9. The third-order valence-corrected chi connectivity index (χ3v) is 6.97. The molecule has 2 heterocycles. The molecule has 0 radical (unpaired) electrons. The van der Waals surface area contributed by atoms with E-state index in [2.05, 4.69) is 35.3 Å². The van der Waals surface area contributed by atoms with Crippen molar-refractivity contribution in [3.8, 4) is 5.75 Å². The lowest BCUT2D eigenvalue weighted by atomic mass is 10.2. The van der Waals surface area contributed by atoms with E-state index in [4.69, 9.17) is 4.74 Å². The molecule has 0 bridgehead atoms. The number of fused-ring (bicyclic) bond motifs is 1. The Hall–Kier alpha value is -1.69. The average molecular weight is 488 g/mol. The second-order valence-electron chi connectivity index (χ2n) is 6.12. The number of unbranched alkanes of at least 4 members (excludes halogenated alkanes) is 3. The molecule has 28 heavy (non-hydrogen) atoms. The van der Waals surface area contributed by atoms with Crippen molar-refractivity contribution in [3.05, 3.63) is 35.1 Å². The van der Waals surface area contributed by atoms with E-state index in [-0.39, 0.29) is 4.90 Å². The van der Waals surface area contributed by atoms with Gasteiger partial charge in [-0.2, -0.15) is 4.37 Å². The number of nitrogens with zero attached hydrogens (tertiary/aromatic N) is 3. The van der Waals surface area contributed by atoms with Gasteiger partial charge in [0.2, 0.25) is 20.9 Å².